The highest BCUT2D eigenvalue weighted by Gasteiger charge is 2.19. The van der Waals surface area contributed by atoms with E-state index in [-0.39, 0.29) is 11.9 Å². The van der Waals surface area contributed by atoms with Crippen molar-refractivity contribution in [3.8, 4) is 0 Å². The second kappa shape index (κ2) is 9.13. The summed E-state index contributed by atoms with van der Waals surface area (Å²) in [4.78, 5) is 22.7. The zero-order valence-electron chi connectivity index (χ0n) is 11.0. The first-order chi connectivity index (χ1) is 8.04. The van der Waals surface area contributed by atoms with Crippen LogP contribution in [0.5, 0.6) is 0 Å². The van der Waals surface area contributed by atoms with Gasteiger partial charge in [0.05, 0.1) is 12.1 Å². The molecule has 0 aromatic rings. The van der Waals surface area contributed by atoms with Gasteiger partial charge in [-0.25, -0.2) is 0 Å². The van der Waals surface area contributed by atoms with Gasteiger partial charge < -0.3 is 21.2 Å². The van der Waals surface area contributed by atoms with Crippen molar-refractivity contribution in [2.75, 3.05) is 13.6 Å². The van der Waals surface area contributed by atoms with Crippen LogP contribution in [-0.2, 0) is 9.59 Å². The Balaban J connectivity index is 4.21. The van der Waals surface area contributed by atoms with Gasteiger partial charge in [0.1, 0.15) is 6.29 Å². The summed E-state index contributed by atoms with van der Waals surface area (Å²) in [7, 11) is 1.74. The quantitative estimate of drug-likeness (QED) is 0.499. The largest absolute Gasteiger partial charge is 0.345 e. The summed E-state index contributed by atoms with van der Waals surface area (Å²) in [6.07, 6.45) is 2.94. The van der Waals surface area contributed by atoms with Crippen LogP contribution in [0.4, 0.5) is 0 Å². The Morgan fingerprint density at radius 3 is 2.47 bits per heavy atom. The lowest BCUT2D eigenvalue weighted by Gasteiger charge is -2.20. The Labute approximate surface area is 104 Å². The molecule has 0 spiro atoms. The van der Waals surface area contributed by atoms with Gasteiger partial charge in [0.15, 0.2) is 0 Å². The zero-order valence-corrected chi connectivity index (χ0v) is 11.0. The maximum Gasteiger partial charge on any atom is 0.237 e. The highest BCUT2D eigenvalue weighted by atomic mass is 16.2. The maximum absolute atomic E-state index is 11.9. The van der Waals surface area contributed by atoms with Crippen molar-refractivity contribution in [1.82, 2.24) is 10.6 Å². The average Bonchev–Trinajstić information content (AvgIpc) is 2.28. The molecule has 17 heavy (non-hydrogen) atoms. The second-order valence-corrected chi connectivity index (χ2v) is 4.65. The van der Waals surface area contributed by atoms with E-state index in [1.165, 1.54) is 0 Å². The molecule has 1 amide bonds. The topological polar surface area (TPSA) is 84.2 Å². The van der Waals surface area contributed by atoms with Crippen LogP contribution in [0, 0.1) is 5.92 Å². The Morgan fingerprint density at radius 2 is 2.06 bits per heavy atom. The van der Waals surface area contributed by atoms with Gasteiger partial charge in [-0.2, -0.15) is 0 Å². The second-order valence-electron chi connectivity index (χ2n) is 4.65. The molecule has 100 valence electrons. The van der Waals surface area contributed by atoms with E-state index in [9.17, 15) is 9.59 Å². The first kappa shape index (κ1) is 16.1. The molecular formula is C12H25N3O2. The van der Waals surface area contributed by atoms with Crippen LogP contribution in [-0.4, -0.2) is 37.9 Å². The summed E-state index contributed by atoms with van der Waals surface area (Å²) in [6.45, 7) is 4.60. The molecule has 0 bridgehead atoms. The van der Waals surface area contributed by atoms with E-state index in [0.717, 1.165) is 12.7 Å². The number of carbonyl (C=O) groups is 2. The molecule has 5 nitrogen and oxygen atoms in total. The van der Waals surface area contributed by atoms with Crippen molar-refractivity contribution in [1.29, 1.82) is 0 Å². The minimum atomic E-state index is -0.392. The van der Waals surface area contributed by atoms with E-state index in [4.69, 9.17) is 5.73 Å². The number of amides is 1. The van der Waals surface area contributed by atoms with Crippen molar-refractivity contribution < 1.29 is 9.59 Å². The number of carbonyl (C=O) groups excluding carboxylic acids is 2. The van der Waals surface area contributed by atoms with Crippen LogP contribution in [0.25, 0.3) is 0 Å². The van der Waals surface area contributed by atoms with Gasteiger partial charge in [-0.3, -0.25) is 4.79 Å². The number of rotatable bonds is 9. The van der Waals surface area contributed by atoms with Crippen LogP contribution < -0.4 is 16.4 Å². The van der Waals surface area contributed by atoms with Crippen molar-refractivity contribution in [3.63, 3.8) is 0 Å². The molecule has 0 aliphatic rings. The van der Waals surface area contributed by atoms with Gasteiger partial charge in [0, 0.05) is 0 Å². The molecule has 1 unspecified atom stereocenters. The molecule has 0 aromatic heterocycles. The van der Waals surface area contributed by atoms with Crippen LogP contribution in [0.1, 0.15) is 33.1 Å². The van der Waals surface area contributed by atoms with Crippen molar-refractivity contribution >= 4 is 12.2 Å². The van der Waals surface area contributed by atoms with Gasteiger partial charge >= 0.3 is 0 Å². The lowest BCUT2D eigenvalue weighted by atomic mass is 10.0. The number of likely N-dealkylation sites (N-methyl/N-ethyl adjacent to an activating group) is 1. The Morgan fingerprint density at radius 1 is 1.41 bits per heavy atom. The predicted molar refractivity (Wildman–Crippen MR) is 68.6 cm³/mol. The molecule has 0 rings (SSSR count). The third kappa shape index (κ3) is 7.07. The van der Waals surface area contributed by atoms with Crippen LogP contribution >= 0.6 is 0 Å². The fourth-order valence-corrected chi connectivity index (χ4v) is 1.67. The molecule has 4 N–H and O–H groups in total. The summed E-state index contributed by atoms with van der Waals surface area (Å²) in [5.41, 5.74) is 5.41. The minimum Gasteiger partial charge on any atom is -0.345 e. The number of aldehydes is 1. The molecular weight excluding hydrogens is 218 g/mol. The predicted octanol–water partition coefficient (Wildman–Crippen LogP) is 0.0431. The lowest BCUT2D eigenvalue weighted by Crippen LogP contribution is -2.47. The summed E-state index contributed by atoms with van der Waals surface area (Å²) < 4.78 is 0. The molecule has 0 saturated carbocycles. The first-order valence-electron chi connectivity index (χ1n) is 6.18. The number of nitrogens with two attached hydrogens (primary N) is 1. The highest BCUT2D eigenvalue weighted by Crippen LogP contribution is 2.04. The first-order valence-corrected chi connectivity index (χ1v) is 6.18. The smallest absolute Gasteiger partial charge is 0.237 e. The van der Waals surface area contributed by atoms with Gasteiger partial charge in [-0.05, 0) is 38.8 Å². The molecule has 0 heterocycles. The van der Waals surface area contributed by atoms with Crippen LogP contribution in [0.15, 0.2) is 0 Å². The fourth-order valence-electron chi connectivity index (χ4n) is 1.67. The molecule has 0 aliphatic carbocycles. The fraction of sp³-hybridized carbons (Fsp3) is 0.833. The van der Waals surface area contributed by atoms with E-state index in [1.807, 2.05) is 13.8 Å². The summed E-state index contributed by atoms with van der Waals surface area (Å²) >= 11 is 0. The van der Waals surface area contributed by atoms with Crippen molar-refractivity contribution in [2.45, 2.75) is 45.2 Å². The van der Waals surface area contributed by atoms with Crippen molar-refractivity contribution in [2.24, 2.45) is 11.7 Å². The normalized spacial score (nSPS) is 14.4. The molecule has 0 aromatic carbocycles. The van der Waals surface area contributed by atoms with Crippen LogP contribution in [0.2, 0.25) is 0 Å². The SMILES string of the molecule is CN[C@@H](CCCN)C(=O)NC(C=O)CC(C)C. The van der Waals surface area contributed by atoms with E-state index < -0.39 is 6.04 Å². The third-order valence-corrected chi connectivity index (χ3v) is 2.58. The van der Waals surface area contributed by atoms with Gasteiger partial charge in [0.2, 0.25) is 5.91 Å². The maximum atomic E-state index is 11.9. The summed E-state index contributed by atoms with van der Waals surface area (Å²) in [5.74, 6) is 0.251. The molecule has 2 atom stereocenters. The highest BCUT2D eigenvalue weighted by molar-refractivity contribution is 5.84. The number of hydrogen-bond acceptors (Lipinski definition) is 4. The monoisotopic (exact) mass is 243 g/mol. The molecule has 5 heteroatoms. The van der Waals surface area contributed by atoms with E-state index in [0.29, 0.717) is 25.3 Å². The zero-order chi connectivity index (χ0) is 13.3. The van der Waals surface area contributed by atoms with Crippen molar-refractivity contribution in [3.05, 3.63) is 0 Å². The molecule has 0 radical (unpaired) electrons. The van der Waals surface area contributed by atoms with E-state index in [2.05, 4.69) is 10.6 Å². The Hall–Kier alpha value is -0.940. The third-order valence-electron chi connectivity index (χ3n) is 2.58. The molecule has 0 fully saturated rings. The minimum absolute atomic E-state index is 0.126. The number of nitrogens with one attached hydrogen (secondary N) is 2. The average molecular weight is 243 g/mol. The molecule has 0 saturated heterocycles. The van der Waals surface area contributed by atoms with Crippen LogP contribution in [0.3, 0.4) is 0 Å². The summed E-state index contributed by atoms with van der Waals surface area (Å²) in [5, 5.41) is 5.68. The molecule has 0 aliphatic heterocycles. The van der Waals surface area contributed by atoms with Gasteiger partial charge in [-0.1, -0.05) is 13.8 Å². The standard InChI is InChI=1S/C12H25N3O2/c1-9(2)7-10(8-16)15-12(17)11(14-3)5-4-6-13/h8-11,14H,4-7,13H2,1-3H3,(H,15,17)/t10?,11-/m0/s1. The van der Waals surface area contributed by atoms with Gasteiger partial charge in [0.25, 0.3) is 0 Å². The van der Waals surface area contributed by atoms with Gasteiger partial charge in [-0.15, -0.1) is 0 Å². The Bertz CT molecular complexity index is 232. The lowest BCUT2D eigenvalue weighted by molar-refractivity contribution is -0.126. The van der Waals surface area contributed by atoms with E-state index in [1.54, 1.807) is 7.05 Å². The number of hydrogen-bond donors (Lipinski definition) is 3. The van der Waals surface area contributed by atoms with E-state index >= 15 is 0 Å². The summed E-state index contributed by atoms with van der Waals surface area (Å²) in [6, 6.07) is -0.663. The Kier molecular flexibility index (Phi) is 8.62.